The lowest BCUT2D eigenvalue weighted by Gasteiger charge is -2.28. The lowest BCUT2D eigenvalue weighted by atomic mass is 9.93. The number of amidine groups is 1. The van der Waals surface area contributed by atoms with Crippen LogP contribution in [0, 0.1) is 12.3 Å². The van der Waals surface area contributed by atoms with Gasteiger partial charge in [-0.05, 0) is 24.6 Å². The Hall–Kier alpha value is -1.20. The number of halogens is 1. The van der Waals surface area contributed by atoms with Crippen LogP contribution in [-0.4, -0.2) is 29.9 Å². The van der Waals surface area contributed by atoms with E-state index in [0.717, 1.165) is 29.5 Å². The number of carbonyl (C=O) groups excluding carboxylic acids is 1. The van der Waals surface area contributed by atoms with Gasteiger partial charge in [-0.15, -0.1) is 0 Å². The van der Waals surface area contributed by atoms with E-state index in [4.69, 9.17) is 11.6 Å². The van der Waals surface area contributed by atoms with Crippen LogP contribution in [0.1, 0.15) is 19.4 Å². The van der Waals surface area contributed by atoms with Crippen molar-refractivity contribution >= 4 is 40.1 Å². The molecule has 0 saturated heterocycles. The van der Waals surface area contributed by atoms with Gasteiger partial charge < -0.3 is 10.6 Å². The van der Waals surface area contributed by atoms with Gasteiger partial charge in [-0.2, -0.15) is 0 Å². The zero-order valence-corrected chi connectivity index (χ0v) is 14.1. The fourth-order valence-corrected chi connectivity index (χ4v) is 2.70. The van der Waals surface area contributed by atoms with Crippen molar-refractivity contribution in [1.29, 1.82) is 0 Å². The van der Waals surface area contributed by atoms with Crippen LogP contribution < -0.4 is 10.6 Å². The second-order valence-electron chi connectivity index (χ2n) is 5.94. The summed E-state index contributed by atoms with van der Waals surface area (Å²) in [6.45, 7) is 7.94. The number of anilines is 1. The van der Waals surface area contributed by atoms with Crippen LogP contribution in [0.25, 0.3) is 0 Å². The Morgan fingerprint density at radius 2 is 2.29 bits per heavy atom. The number of carbonyl (C=O) groups is 1. The van der Waals surface area contributed by atoms with Gasteiger partial charge in [0.1, 0.15) is 0 Å². The van der Waals surface area contributed by atoms with E-state index in [2.05, 4.69) is 29.5 Å². The molecule has 0 aliphatic carbocycles. The molecule has 2 rings (SSSR count). The number of amides is 1. The summed E-state index contributed by atoms with van der Waals surface area (Å²) in [7, 11) is 0. The second-order valence-corrected chi connectivity index (χ2v) is 7.34. The molecule has 0 spiro atoms. The van der Waals surface area contributed by atoms with Crippen LogP contribution in [0.4, 0.5) is 5.69 Å². The summed E-state index contributed by atoms with van der Waals surface area (Å²) in [6.07, 6.45) is 0. The van der Waals surface area contributed by atoms with Gasteiger partial charge in [0, 0.05) is 29.2 Å². The van der Waals surface area contributed by atoms with Crippen LogP contribution in [0.15, 0.2) is 23.2 Å². The number of benzene rings is 1. The molecule has 0 aromatic heterocycles. The predicted octanol–water partition coefficient (Wildman–Crippen LogP) is 3.31. The summed E-state index contributed by atoms with van der Waals surface area (Å²) in [6, 6.07) is 5.46. The Kier molecular flexibility index (Phi) is 5.17. The van der Waals surface area contributed by atoms with Crippen molar-refractivity contribution in [2.24, 2.45) is 10.4 Å². The Labute approximate surface area is 134 Å². The molecule has 1 aromatic carbocycles. The normalized spacial score (nSPS) is 16.9. The van der Waals surface area contributed by atoms with Crippen molar-refractivity contribution in [2.75, 3.05) is 24.2 Å². The zero-order valence-electron chi connectivity index (χ0n) is 12.5. The molecule has 1 heterocycles. The minimum Gasteiger partial charge on any atom is -0.364 e. The van der Waals surface area contributed by atoms with Gasteiger partial charge in [-0.3, -0.25) is 9.79 Å². The highest BCUT2D eigenvalue weighted by molar-refractivity contribution is 8.14. The summed E-state index contributed by atoms with van der Waals surface area (Å²) in [4.78, 5) is 16.4. The summed E-state index contributed by atoms with van der Waals surface area (Å²) in [5.41, 5.74) is 1.94. The third-order valence-corrected chi connectivity index (χ3v) is 4.37. The SMILES string of the molecule is Cc1ccc(Cl)cc1NC(=O)CSC1=NCC(C)(C)CN1. The van der Waals surface area contributed by atoms with Gasteiger partial charge in [0.2, 0.25) is 5.91 Å². The van der Waals surface area contributed by atoms with E-state index in [1.807, 2.05) is 19.1 Å². The second kappa shape index (κ2) is 6.71. The largest absolute Gasteiger partial charge is 0.364 e. The number of aryl methyl sites for hydroxylation is 1. The van der Waals surface area contributed by atoms with E-state index < -0.39 is 0 Å². The molecule has 114 valence electrons. The molecule has 21 heavy (non-hydrogen) atoms. The minimum atomic E-state index is -0.0558. The van der Waals surface area contributed by atoms with E-state index >= 15 is 0 Å². The summed E-state index contributed by atoms with van der Waals surface area (Å²) in [5, 5.41) is 7.60. The standard InChI is InChI=1S/C15H20ClN3OS/c1-10-4-5-11(16)6-12(10)19-13(20)7-21-14-17-8-15(2,3)9-18-14/h4-6H,7-9H2,1-3H3,(H,17,18)(H,19,20). The van der Waals surface area contributed by atoms with Gasteiger partial charge in [0.15, 0.2) is 5.17 Å². The third-order valence-electron chi connectivity index (χ3n) is 3.18. The maximum absolute atomic E-state index is 12.0. The smallest absolute Gasteiger partial charge is 0.234 e. The van der Waals surface area contributed by atoms with Gasteiger partial charge in [-0.1, -0.05) is 43.3 Å². The first kappa shape index (κ1) is 16.2. The summed E-state index contributed by atoms with van der Waals surface area (Å²) < 4.78 is 0. The van der Waals surface area contributed by atoms with Crippen molar-refractivity contribution in [3.8, 4) is 0 Å². The molecule has 1 amide bonds. The lowest BCUT2D eigenvalue weighted by Crippen LogP contribution is -2.39. The molecule has 4 nitrogen and oxygen atoms in total. The molecular weight excluding hydrogens is 306 g/mol. The lowest BCUT2D eigenvalue weighted by molar-refractivity contribution is -0.113. The van der Waals surface area contributed by atoms with Crippen molar-refractivity contribution in [2.45, 2.75) is 20.8 Å². The molecule has 0 bridgehead atoms. The monoisotopic (exact) mass is 325 g/mol. The van der Waals surface area contributed by atoms with Gasteiger partial charge >= 0.3 is 0 Å². The maximum Gasteiger partial charge on any atom is 0.234 e. The first-order chi connectivity index (χ1) is 9.85. The van der Waals surface area contributed by atoms with Gasteiger partial charge in [-0.25, -0.2) is 0 Å². The quantitative estimate of drug-likeness (QED) is 0.896. The highest BCUT2D eigenvalue weighted by Crippen LogP contribution is 2.21. The first-order valence-corrected chi connectivity index (χ1v) is 8.19. The molecular formula is C15H20ClN3OS. The number of nitrogens with one attached hydrogen (secondary N) is 2. The van der Waals surface area contributed by atoms with E-state index in [1.165, 1.54) is 11.8 Å². The van der Waals surface area contributed by atoms with E-state index in [0.29, 0.717) is 10.8 Å². The molecule has 0 atom stereocenters. The molecule has 1 aliphatic heterocycles. The van der Waals surface area contributed by atoms with Crippen LogP contribution in [0.2, 0.25) is 5.02 Å². The van der Waals surface area contributed by atoms with Crippen molar-refractivity contribution < 1.29 is 4.79 Å². The molecule has 0 saturated carbocycles. The summed E-state index contributed by atoms with van der Waals surface area (Å²) >= 11 is 7.37. The van der Waals surface area contributed by atoms with Crippen molar-refractivity contribution in [3.05, 3.63) is 28.8 Å². The van der Waals surface area contributed by atoms with E-state index in [-0.39, 0.29) is 11.3 Å². The number of aliphatic imine (C=N–C) groups is 1. The number of hydrogen-bond donors (Lipinski definition) is 2. The molecule has 6 heteroatoms. The van der Waals surface area contributed by atoms with E-state index in [1.54, 1.807) is 6.07 Å². The van der Waals surface area contributed by atoms with Crippen LogP contribution >= 0.6 is 23.4 Å². The van der Waals surface area contributed by atoms with Crippen LogP contribution in [-0.2, 0) is 4.79 Å². The number of rotatable bonds is 3. The summed E-state index contributed by atoms with van der Waals surface area (Å²) in [5.74, 6) is 0.276. The Bertz CT molecular complexity index is 572. The molecule has 0 unspecified atom stereocenters. The Balaban J connectivity index is 1.86. The predicted molar refractivity (Wildman–Crippen MR) is 91.4 cm³/mol. The van der Waals surface area contributed by atoms with Crippen molar-refractivity contribution in [3.63, 3.8) is 0 Å². The number of thioether (sulfide) groups is 1. The highest BCUT2D eigenvalue weighted by Gasteiger charge is 2.22. The molecule has 0 radical (unpaired) electrons. The molecule has 0 fully saturated rings. The number of hydrogen-bond acceptors (Lipinski definition) is 4. The van der Waals surface area contributed by atoms with Gasteiger partial charge in [0.25, 0.3) is 0 Å². The average Bonchev–Trinajstić information content (AvgIpc) is 2.42. The number of nitrogens with zero attached hydrogens (tertiary/aromatic N) is 1. The molecule has 1 aliphatic rings. The van der Waals surface area contributed by atoms with Crippen LogP contribution in [0.5, 0.6) is 0 Å². The van der Waals surface area contributed by atoms with Crippen LogP contribution in [0.3, 0.4) is 0 Å². The average molecular weight is 326 g/mol. The minimum absolute atomic E-state index is 0.0558. The van der Waals surface area contributed by atoms with E-state index in [9.17, 15) is 4.79 Å². The highest BCUT2D eigenvalue weighted by atomic mass is 35.5. The first-order valence-electron chi connectivity index (χ1n) is 6.83. The Morgan fingerprint density at radius 3 is 2.95 bits per heavy atom. The Morgan fingerprint density at radius 1 is 1.52 bits per heavy atom. The fraction of sp³-hybridized carbons (Fsp3) is 0.467. The van der Waals surface area contributed by atoms with Gasteiger partial charge in [0.05, 0.1) is 5.75 Å². The molecule has 2 N–H and O–H groups in total. The van der Waals surface area contributed by atoms with Crippen molar-refractivity contribution in [1.82, 2.24) is 5.32 Å². The third kappa shape index (κ3) is 4.93. The topological polar surface area (TPSA) is 53.5 Å². The molecule has 1 aromatic rings. The fourth-order valence-electron chi connectivity index (χ4n) is 1.86. The zero-order chi connectivity index (χ0) is 15.5. The maximum atomic E-state index is 12.0.